The molecule has 0 radical (unpaired) electrons. The van der Waals surface area contributed by atoms with Gasteiger partial charge in [-0.25, -0.2) is 8.42 Å². The Labute approximate surface area is 202 Å². The van der Waals surface area contributed by atoms with E-state index in [1.807, 2.05) is 7.05 Å². The Morgan fingerprint density at radius 1 is 1.09 bits per heavy atom. The number of nitrogens with one attached hydrogen (secondary N) is 1. The van der Waals surface area contributed by atoms with Crippen LogP contribution < -0.4 is 9.46 Å². The predicted octanol–water partition coefficient (Wildman–Crippen LogP) is 3.23. The van der Waals surface area contributed by atoms with Gasteiger partial charge in [0.1, 0.15) is 12.4 Å². The number of sulfonamides is 1. The number of fused-ring (bicyclic) bond motifs is 1. The summed E-state index contributed by atoms with van der Waals surface area (Å²) in [6.45, 7) is 7.48. The van der Waals surface area contributed by atoms with Gasteiger partial charge in [0.05, 0.1) is 22.3 Å². The first kappa shape index (κ1) is 26.0. The molecule has 0 fully saturated rings. The first-order valence-electron chi connectivity index (χ1n) is 11.4. The van der Waals surface area contributed by atoms with Crippen LogP contribution >= 0.6 is 0 Å². The van der Waals surface area contributed by atoms with Gasteiger partial charge in [0.2, 0.25) is 0 Å². The zero-order valence-electron chi connectivity index (χ0n) is 20.7. The summed E-state index contributed by atoms with van der Waals surface area (Å²) in [4.78, 5) is 17.3. The number of aryl methyl sites for hydroxylation is 1. The molecule has 0 unspecified atom stereocenters. The normalized spacial score (nSPS) is 22.8. The van der Waals surface area contributed by atoms with E-state index >= 15 is 0 Å². The molecule has 1 aliphatic rings. The summed E-state index contributed by atoms with van der Waals surface area (Å²) in [6.07, 6.45) is -0.118. The summed E-state index contributed by atoms with van der Waals surface area (Å²) in [7, 11) is 1.64. The summed E-state index contributed by atoms with van der Waals surface area (Å²) in [6, 6.07) is 11.6. The number of methoxy groups -OCH3 is 1. The smallest absolute Gasteiger partial charge is 0.262 e. The average Bonchev–Trinajstić information content (AvgIpc) is 2.79. The molecule has 0 bridgehead atoms. The van der Waals surface area contributed by atoms with Crippen molar-refractivity contribution in [3.8, 4) is 5.75 Å². The van der Waals surface area contributed by atoms with E-state index in [-0.39, 0.29) is 28.9 Å². The fourth-order valence-electron chi connectivity index (χ4n) is 4.08. The first-order valence-corrected chi connectivity index (χ1v) is 12.9. The molecule has 0 aliphatic carbocycles. The summed E-state index contributed by atoms with van der Waals surface area (Å²) in [5.74, 6) is 0.341. The quantitative estimate of drug-likeness (QED) is 0.710. The Kier molecular flexibility index (Phi) is 8.22. The van der Waals surface area contributed by atoms with Gasteiger partial charge in [-0.15, -0.1) is 0 Å². The Balaban J connectivity index is 1.96. The number of benzene rings is 2. The van der Waals surface area contributed by atoms with Gasteiger partial charge in [-0.1, -0.05) is 25.1 Å². The fourth-order valence-corrected chi connectivity index (χ4v) is 5.38. The van der Waals surface area contributed by atoms with E-state index in [1.165, 1.54) is 0 Å². The summed E-state index contributed by atoms with van der Waals surface area (Å²) < 4.78 is 40.3. The van der Waals surface area contributed by atoms with Crippen molar-refractivity contribution in [2.75, 3.05) is 45.6 Å². The van der Waals surface area contributed by atoms with E-state index in [0.29, 0.717) is 35.7 Å². The van der Waals surface area contributed by atoms with Crippen LogP contribution in [0, 0.1) is 12.8 Å². The van der Waals surface area contributed by atoms with Crippen molar-refractivity contribution in [1.82, 2.24) is 9.80 Å². The lowest BCUT2D eigenvalue weighted by Gasteiger charge is -2.34. The van der Waals surface area contributed by atoms with Crippen molar-refractivity contribution in [3.63, 3.8) is 0 Å². The van der Waals surface area contributed by atoms with Crippen LogP contribution in [-0.2, 0) is 14.8 Å². The second kappa shape index (κ2) is 10.8. The largest absolute Gasteiger partial charge is 0.491 e. The molecule has 1 amide bonds. The Bertz CT molecular complexity index is 1120. The molecule has 0 spiro atoms. The molecule has 186 valence electrons. The highest BCUT2D eigenvalue weighted by Crippen LogP contribution is 2.28. The van der Waals surface area contributed by atoms with Gasteiger partial charge in [0.25, 0.3) is 15.9 Å². The van der Waals surface area contributed by atoms with Gasteiger partial charge in [0.15, 0.2) is 0 Å². The third-order valence-corrected chi connectivity index (χ3v) is 7.94. The van der Waals surface area contributed by atoms with Crippen molar-refractivity contribution >= 4 is 21.6 Å². The van der Waals surface area contributed by atoms with Crippen LogP contribution in [-0.4, -0.2) is 77.2 Å². The van der Waals surface area contributed by atoms with E-state index < -0.39 is 10.0 Å². The van der Waals surface area contributed by atoms with Crippen molar-refractivity contribution in [3.05, 3.63) is 53.6 Å². The van der Waals surface area contributed by atoms with E-state index in [4.69, 9.17) is 9.47 Å². The Morgan fingerprint density at radius 2 is 1.79 bits per heavy atom. The number of carbonyl (C=O) groups is 1. The Morgan fingerprint density at radius 3 is 2.47 bits per heavy atom. The van der Waals surface area contributed by atoms with Crippen molar-refractivity contribution in [1.29, 1.82) is 0 Å². The number of rotatable bonds is 4. The summed E-state index contributed by atoms with van der Waals surface area (Å²) in [5.41, 5.74) is 1.35. The molecule has 1 aliphatic heterocycles. The van der Waals surface area contributed by atoms with E-state index in [0.717, 1.165) is 6.54 Å². The predicted molar refractivity (Wildman–Crippen MR) is 133 cm³/mol. The van der Waals surface area contributed by atoms with Gasteiger partial charge >= 0.3 is 0 Å². The molecule has 0 aromatic heterocycles. The van der Waals surface area contributed by atoms with E-state index in [2.05, 4.69) is 23.5 Å². The maximum atomic E-state index is 13.3. The molecular formula is C25H35N3O5S. The highest BCUT2D eigenvalue weighted by molar-refractivity contribution is 7.92. The summed E-state index contributed by atoms with van der Waals surface area (Å²) >= 11 is 0. The second-order valence-electron chi connectivity index (χ2n) is 9.12. The molecule has 9 heteroatoms. The maximum absolute atomic E-state index is 13.3. The highest BCUT2D eigenvalue weighted by Gasteiger charge is 2.27. The fraction of sp³-hybridized carbons (Fsp3) is 0.480. The van der Waals surface area contributed by atoms with Crippen LogP contribution in [0.2, 0.25) is 0 Å². The number of hydrogen-bond donors (Lipinski definition) is 1. The van der Waals surface area contributed by atoms with Crippen LogP contribution in [0.3, 0.4) is 0 Å². The number of ether oxygens (including phenoxy) is 2. The topological polar surface area (TPSA) is 88.2 Å². The molecular weight excluding hydrogens is 454 g/mol. The van der Waals surface area contributed by atoms with Crippen molar-refractivity contribution in [2.24, 2.45) is 5.92 Å². The molecule has 3 rings (SSSR count). The zero-order chi connectivity index (χ0) is 25.0. The van der Waals surface area contributed by atoms with Crippen LogP contribution in [0.4, 0.5) is 5.69 Å². The zero-order valence-corrected chi connectivity index (χ0v) is 21.6. The number of carbonyl (C=O) groups excluding carboxylic acids is 1. The third kappa shape index (κ3) is 5.89. The van der Waals surface area contributed by atoms with Crippen molar-refractivity contribution in [2.45, 2.75) is 37.8 Å². The molecule has 8 nitrogen and oxygen atoms in total. The molecule has 0 saturated heterocycles. The van der Waals surface area contributed by atoms with Gasteiger partial charge in [0, 0.05) is 39.4 Å². The Hall–Kier alpha value is -2.62. The number of hydrogen-bond acceptors (Lipinski definition) is 6. The summed E-state index contributed by atoms with van der Waals surface area (Å²) in [5, 5.41) is 0. The molecule has 1 N–H and O–H groups in total. The lowest BCUT2D eigenvalue weighted by molar-refractivity contribution is 0.0150. The first-order chi connectivity index (χ1) is 16.0. The highest BCUT2D eigenvalue weighted by atomic mass is 32.2. The third-order valence-electron chi connectivity index (χ3n) is 6.39. The van der Waals surface area contributed by atoms with Crippen LogP contribution in [0.15, 0.2) is 47.4 Å². The number of nitrogens with zero attached hydrogens (tertiary/aromatic N) is 2. The van der Waals surface area contributed by atoms with Crippen LogP contribution in [0.1, 0.15) is 29.8 Å². The number of anilines is 1. The molecule has 0 saturated carbocycles. The van der Waals surface area contributed by atoms with Crippen LogP contribution in [0.5, 0.6) is 5.75 Å². The lowest BCUT2D eigenvalue weighted by atomic mass is 10.0. The lowest BCUT2D eigenvalue weighted by Crippen LogP contribution is -2.45. The second-order valence-corrected chi connectivity index (χ2v) is 10.8. The minimum Gasteiger partial charge on any atom is -0.491 e. The monoisotopic (exact) mass is 489 g/mol. The average molecular weight is 490 g/mol. The van der Waals surface area contributed by atoms with Gasteiger partial charge in [-0.3, -0.25) is 14.4 Å². The molecule has 2 aromatic carbocycles. The van der Waals surface area contributed by atoms with Gasteiger partial charge < -0.3 is 14.4 Å². The molecule has 1 heterocycles. The van der Waals surface area contributed by atoms with Gasteiger partial charge in [-0.2, -0.15) is 0 Å². The minimum absolute atomic E-state index is 0.0763. The minimum atomic E-state index is -3.80. The molecule has 3 atom stereocenters. The number of likely N-dealkylation sites (N-methyl/N-ethyl adjacent to an activating group) is 2. The standard InChI is InChI=1S/C25H35N3O5S/c1-17-9-7-8-10-24(17)34(30,31)26-20-11-12-21-22(13-20)33-16-19(3)27(4)14-18(2)23(32-6)15-28(5)25(21)29/h7-13,18-19,23,26H,14-16H2,1-6H3/t18-,19+,23-/m1/s1. The SMILES string of the molecule is CO[C@@H]1CN(C)C(=O)c2ccc(NS(=O)(=O)c3ccccc3C)cc2OC[C@H](C)N(C)C[C@H]1C. The maximum Gasteiger partial charge on any atom is 0.262 e. The van der Waals surface area contributed by atoms with Crippen LogP contribution in [0.25, 0.3) is 0 Å². The van der Waals surface area contributed by atoms with E-state index in [1.54, 1.807) is 68.4 Å². The van der Waals surface area contributed by atoms with E-state index in [9.17, 15) is 13.2 Å². The molecule has 2 aromatic rings. The van der Waals surface area contributed by atoms with Crippen molar-refractivity contribution < 1.29 is 22.7 Å². The molecule has 34 heavy (non-hydrogen) atoms. The number of amides is 1. The van der Waals surface area contributed by atoms with Gasteiger partial charge in [-0.05, 0) is 50.6 Å².